The fourth-order valence-electron chi connectivity index (χ4n) is 1.85. The summed E-state index contributed by atoms with van der Waals surface area (Å²) in [7, 11) is 0. The third-order valence-corrected chi connectivity index (χ3v) is 2.85. The van der Waals surface area contributed by atoms with Gasteiger partial charge in [0.15, 0.2) is 0 Å². The second-order valence-electron chi connectivity index (χ2n) is 4.15. The number of nitrogens with one attached hydrogen (secondary N) is 1. The minimum atomic E-state index is 0.124. The molecule has 5 nitrogen and oxygen atoms in total. The van der Waals surface area contributed by atoms with Crippen molar-refractivity contribution in [3.05, 3.63) is 29.9 Å². The number of nitrogens with zero attached hydrogens (tertiary/aromatic N) is 3. The Balaban J connectivity index is 2.28. The highest BCUT2D eigenvalue weighted by Crippen LogP contribution is 2.23. The van der Waals surface area contributed by atoms with Gasteiger partial charge in [0.05, 0.1) is 6.04 Å². The quantitative estimate of drug-likeness (QED) is 0.878. The van der Waals surface area contributed by atoms with Gasteiger partial charge in [-0.1, -0.05) is 13.8 Å². The van der Waals surface area contributed by atoms with Crippen LogP contribution in [0, 0.1) is 6.92 Å². The molecular formula is C13H18N4O. The molecule has 0 amide bonds. The lowest BCUT2D eigenvalue weighted by Gasteiger charge is -2.10. The molecular weight excluding hydrogens is 228 g/mol. The number of hydrogen-bond acceptors (Lipinski definition) is 5. The summed E-state index contributed by atoms with van der Waals surface area (Å²) in [6.45, 7) is 7.01. The summed E-state index contributed by atoms with van der Waals surface area (Å²) >= 11 is 0. The molecule has 5 heteroatoms. The Morgan fingerprint density at radius 1 is 1.33 bits per heavy atom. The van der Waals surface area contributed by atoms with Gasteiger partial charge in [-0.15, -0.1) is 10.2 Å². The van der Waals surface area contributed by atoms with E-state index in [4.69, 9.17) is 4.42 Å². The lowest BCUT2D eigenvalue weighted by molar-refractivity contribution is 0.402. The molecule has 1 atom stereocenters. The fraction of sp³-hybridized carbons (Fsp3) is 0.462. The first-order valence-corrected chi connectivity index (χ1v) is 6.24. The van der Waals surface area contributed by atoms with Crippen molar-refractivity contribution < 1.29 is 4.42 Å². The largest absolute Gasteiger partial charge is 0.419 e. The summed E-state index contributed by atoms with van der Waals surface area (Å²) in [6, 6.07) is 2.01. The topological polar surface area (TPSA) is 63.8 Å². The number of hydrogen-bond donors (Lipinski definition) is 1. The molecule has 0 radical (unpaired) electrons. The lowest BCUT2D eigenvalue weighted by atomic mass is 10.1. The number of pyridine rings is 1. The van der Waals surface area contributed by atoms with Gasteiger partial charge in [0.25, 0.3) is 0 Å². The number of aromatic nitrogens is 3. The molecule has 0 saturated carbocycles. The molecule has 0 aliphatic heterocycles. The van der Waals surface area contributed by atoms with Crippen molar-refractivity contribution in [2.75, 3.05) is 6.54 Å². The van der Waals surface area contributed by atoms with Gasteiger partial charge < -0.3 is 9.73 Å². The monoisotopic (exact) mass is 246 g/mol. The van der Waals surface area contributed by atoms with Crippen LogP contribution in [-0.2, 0) is 0 Å². The van der Waals surface area contributed by atoms with Crippen molar-refractivity contribution >= 4 is 0 Å². The Labute approximate surface area is 107 Å². The Bertz CT molecular complexity index is 509. The molecule has 0 aliphatic carbocycles. The fourth-order valence-corrected chi connectivity index (χ4v) is 1.85. The van der Waals surface area contributed by atoms with Gasteiger partial charge in [0, 0.05) is 18.0 Å². The minimum Gasteiger partial charge on any atom is -0.419 e. The smallest absolute Gasteiger partial charge is 0.248 e. The van der Waals surface area contributed by atoms with E-state index in [0.29, 0.717) is 11.8 Å². The lowest BCUT2D eigenvalue weighted by Crippen LogP contribution is -2.20. The van der Waals surface area contributed by atoms with Crippen molar-refractivity contribution in [2.24, 2.45) is 0 Å². The molecule has 2 rings (SSSR count). The average Bonchev–Trinajstić information content (AvgIpc) is 2.85. The van der Waals surface area contributed by atoms with Crippen molar-refractivity contribution in [3.8, 4) is 11.5 Å². The van der Waals surface area contributed by atoms with E-state index in [9.17, 15) is 0 Å². The first-order chi connectivity index (χ1) is 8.76. The van der Waals surface area contributed by atoms with Gasteiger partial charge in [-0.05, 0) is 31.5 Å². The molecule has 0 aliphatic rings. The van der Waals surface area contributed by atoms with Crippen LogP contribution in [0.1, 0.15) is 37.8 Å². The average molecular weight is 246 g/mol. The number of rotatable bonds is 5. The third kappa shape index (κ3) is 2.56. The van der Waals surface area contributed by atoms with E-state index >= 15 is 0 Å². The highest BCUT2D eigenvalue weighted by molar-refractivity contribution is 5.56. The molecule has 2 aromatic rings. The predicted molar refractivity (Wildman–Crippen MR) is 69.0 cm³/mol. The molecule has 1 N–H and O–H groups in total. The van der Waals surface area contributed by atoms with Crippen LogP contribution < -0.4 is 5.32 Å². The molecule has 18 heavy (non-hydrogen) atoms. The summed E-state index contributed by atoms with van der Waals surface area (Å²) in [5, 5.41) is 11.6. The van der Waals surface area contributed by atoms with Gasteiger partial charge in [0.1, 0.15) is 0 Å². The SMILES string of the molecule is CCNC(CC)c1nnc(-c2ccncc2C)o1. The molecule has 0 saturated heterocycles. The van der Waals surface area contributed by atoms with Crippen LogP contribution in [0.25, 0.3) is 11.5 Å². The van der Waals surface area contributed by atoms with Crippen LogP contribution in [0.3, 0.4) is 0 Å². The van der Waals surface area contributed by atoms with E-state index in [2.05, 4.69) is 34.3 Å². The molecule has 0 fully saturated rings. The Morgan fingerprint density at radius 2 is 2.17 bits per heavy atom. The first kappa shape index (κ1) is 12.7. The summed E-state index contributed by atoms with van der Waals surface area (Å²) in [5.41, 5.74) is 1.97. The van der Waals surface area contributed by atoms with Crippen LogP contribution in [0.5, 0.6) is 0 Å². The summed E-state index contributed by atoms with van der Waals surface area (Å²) < 4.78 is 5.74. The minimum absolute atomic E-state index is 0.124. The van der Waals surface area contributed by atoms with E-state index in [0.717, 1.165) is 24.1 Å². The van der Waals surface area contributed by atoms with Crippen molar-refractivity contribution in [1.29, 1.82) is 0 Å². The maximum absolute atomic E-state index is 5.74. The van der Waals surface area contributed by atoms with E-state index in [1.807, 2.05) is 13.0 Å². The molecule has 0 bridgehead atoms. The molecule has 2 aromatic heterocycles. The Kier molecular flexibility index (Phi) is 4.04. The maximum atomic E-state index is 5.74. The zero-order chi connectivity index (χ0) is 13.0. The molecule has 2 heterocycles. The zero-order valence-corrected chi connectivity index (χ0v) is 11.0. The number of aryl methyl sites for hydroxylation is 1. The summed E-state index contributed by atoms with van der Waals surface area (Å²) in [5.74, 6) is 1.20. The summed E-state index contributed by atoms with van der Waals surface area (Å²) in [4.78, 5) is 4.06. The molecule has 96 valence electrons. The van der Waals surface area contributed by atoms with Crippen LogP contribution in [0.4, 0.5) is 0 Å². The van der Waals surface area contributed by atoms with Crippen LogP contribution in [-0.4, -0.2) is 21.7 Å². The summed E-state index contributed by atoms with van der Waals surface area (Å²) in [6.07, 6.45) is 4.44. The highest BCUT2D eigenvalue weighted by Gasteiger charge is 2.17. The molecule has 0 aromatic carbocycles. The van der Waals surface area contributed by atoms with Crippen molar-refractivity contribution in [3.63, 3.8) is 0 Å². The van der Waals surface area contributed by atoms with Crippen molar-refractivity contribution in [1.82, 2.24) is 20.5 Å². The highest BCUT2D eigenvalue weighted by atomic mass is 16.4. The van der Waals surface area contributed by atoms with Crippen LogP contribution in [0.2, 0.25) is 0 Å². The Morgan fingerprint density at radius 3 is 2.83 bits per heavy atom. The Hall–Kier alpha value is -1.75. The van der Waals surface area contributed by atoms with Gasteiger partial charge in [-0.25, -0.2) is 0 Å². The van der Waals surface area contributed by atoms with Gasteiger partial charge in [0.2, 0.25) is 11.8 Å². The second kappa shape index (κ2) is 5.73. The first-order valence-electron chi connectivity index (χ1n) is 6.24. The van der Waals surface area contributed by atoms with E-state index in [-0.39, 0.29) is 6.04 Å². The van der Waals surface area contributed by atoms with Crippen LogP contribution >= 0.6 is 0 Å². The van der Waals surface area contributed by atoms with Gasteiger partial charge in [-0.3, -0.25) is 4.98 Å². The van der Waals surface area contributed by atoms with E-state index < -0.39 is 0 Å². The van der Waals surface area contributed by atoms with Crippen molar-refractivity contribution in [2.45, 2.75) is 33.2 Å². The maximum Gasteiger partial charge on any atom is 0.248 e. The van der Waals surface area contributed by atoms with Gasteiger partial charge in [-0.2, -0.15) is 0 Å². The normalized spacial score (nSPS) is 12.6. The predicted octanol–water partition coefficient (Wildman–Crippen LogP) is 2.50. The molecule has 0 spiro atoms. The van der Waals surface area contributed by atoms with Gasteiger partial charge >= 0.3 is 0 Å². The van der Waals surface area contributed by atoms with Crippen LogP contribution in [0.15, 0.2) is 22.9 Å². The zero-order valence-electron chi connectivity index (χ0n) is 11.0. The van der Waals surface area contributed by atoms with E-state index in [1.54, 1.807) is 12.4 Å². The standard InChI is InChI=1S/C13H18N4O/c1-4-11(15-5-2)13-17-16-12(18-13)10-6-7-14-8-9(10)3/h6-8,11,15H,4-5H2,1-3H3. The van der Waals surface area contributed by atoms with E-state index in [1.165, 1.54) is 0 Å². The second-order valence-corrected chi connectivity index (χ2v) is 4.15. The molecule has 1 unspecified atom stereocenters. The third-order valence-electron chi connectivity index (χ3n) is 2.85.